The molecule has 4 rings (SSSR count). The summed E-state index contributed by atoms with van der Waals surface area (Å²) in [6, 6.07) is 21.0. The van der Waals surface area contributed by atoms with Gasteiger partial charge in [-0.15, -0.1) is 0 Å². The van der Waals surface area contributed by atoms with Gasteiger partial charge in [-0.05, 0) is 169 Å². The number of hydrogen-bond donors (Lipinski definition) is 1. The topological polar surface area (TPSA) is 135 Å². The summed E-state index contributed by atoms with van der Waals surface area (Å²) in [6.07, 6.45) is 28.9. The highest BCUT2D eigenvalue weighted by Gasteiger charge is 2.41. The van der Waals surface area contributed by atoms with Crippen LogP contribution in [-0.2, 0) is 55.0 Å². The Bertz CT molecular complexity index is 2240. The zero-order valence-electron chi connectivity index (χ0n) is 51.7. The van der Waals surface area contributed by atoms with E-state index in [-0.39, 0.29) is 64.1 Å². The molecule has 0 aromatic heterocycles. The molecule has 0 saturated heterocycles. The second kappa shape index (κ2) is 36.1. The second-order valence-electron chi connectivity index (χ2n) is 25.2. The highest BCUT2D eigenvalue weighted by atomic mass is 28.4. The highest BCUT2D eigenvalue weighted by molar-refractivity contribution is 6.74. The SMILES string of the molecule is CC(C)(C)[Si](C)(C)O[C@H](/C=C/O[B]O)CCc1ccccc1.CC(C)OC(=O)CCC/C=C\CC1=C[C@H](C)CC1=O.CC(C)OC(=O)CCC/C=C\C[C@H]1C(=O)C[C@@H](C)[C@@H]1/C=C/[C@H](CCc1ccccc1)O[Si](C)(C)C(C)(C)C. The molecule has 1 saturated carbocycles. The lowest BCUT2D eigenvalue weighted by atomic mass is 9.87. The first-order chi connectivity index (χ1) is 37.0. The van der Waals surface area contributed by atoms with Gasteiger partial charge in [0.05, 0.1) is 30.7 Å². The van der Waals surface area contributed by atoms with Gasteiger partial charge in [0.15, 0.2) is 22.4 Å². The molecule has 1 radical (unpaired) electrons. The minimum absolute atomic E-state index is 0.0129. The fraction of sp³-hybridized carbons (Fsp3) is 0.606. The summed E-state index contributed by atoms with van der Waals surface area (Å²) in [4.78, 5) is 47.4. The van der Waals surface area contributed by atoms with Crippen LogP contribution in [0.25, 0.3) is 0 Å². The third-order valence-corrected chi connectivity index (χ3v) is 24.3. The van der Waals surface area contributed by atoms with Gasteiger partial charge in [-0.3, -0.25) is 19.2 Å². The molecule has 6 atom stereocenters. The summed E-state index contributed by atoms with van der Waals surface area (Å²) in [5.74, 6) is 1.35. The maximum absolute atomic E-state index is 12.9. The Morgan fingerprint density at radius 1 is 0.684 bits per heavy atom. The number of Topliss-reactive ketones (excluding diaryl/α,β-unsaturated/α-hetero) is 2. The van der Waals surface area contributed by atoms with E-state index >= 15 is 0 Å². The molecule has 2 aliphatic carbocycles. The molecule has 0 amide bonds. The van der Waals surface area contributed by atoms with Gasteiger partial charge in [0.25, 0.3) is 0 Å². The average Bonchev–Trinajstić information content (AvgIpc) is 3.83. The van der Waals surface area contributed by atoms with Crippen LogP contribution in [0, 0.1) is 23.7 Å². The summed E-state index contributed by atoms with van der Waals surface area (Å²) in [5, 5.41) is 8.92. The maximum Gasteiger partial charge on any atom is 0.568 e. The Balaban J connectivity index is 0.000000441. The van der Waals surface area contributed by atoms with Crippen molar-refractivity contribution in [3.05, 3.63) is 132 Å². The van der Waals surface area contributed by atoms with E-state index in [0.29, 0.717) is 51.0 Å². The van der Waals surface area contributed by atoms with Gasteiger partial charge in [-0.1, -0.05) is 159 Å². The van der Waals surface area contributed by atoms with E-state index in [4.69, 9.17) is 28.0 Å². The van der Waals surface area contributed by atoms with Crippen molar-refractivity contribution in [1.29, 1.82) is 0 Å². The van der Waals surface area contributed by atoms with Gasteiger partial charge < -0.3 is 28.0 Å². The maximum atomic E-state index is 12.9. The summed E-state index contributed by atoms with van der Waals surface area (Å²) in [6.45, 7) is 34.4. The molecule has 13 heteroatoms. The van der Waals surface area contributed by atoms with Crippen molar-refractivity contribution >= 4 is 47.8 Å². The van der Waals surface area contributed by atoms with Crippen molar-refractivity contribution in [2.24, 2.45) is 23.7 Å². The van der Waals surface area contributed by atoms with Crippen LogP contribution in [-0.4, -0.2) is 77.3 Å². The van der Waals surface area contributed by atoms with Crippen LogP contribution >= 0.6 is 0 Å². The Morgan fingerprint density at radius 2 is 1.15 bits per heavy atom. The fourth-order valence-electron chi connectivity index (χ4n) is 8.82. The molecule has 0 bridgehead atoms. The Labute approximate surface area is 482 Å². The van der Waals surface area contributed by atoms with Crippen molar-refractivity contribution in [1.82, 2.24) is 0 Å². The van der Waals surface area contributed by atoms with E-state index in [1.165, 1.54) is 17.4 Å². The summed E-state index contributed by atoms with van der Waals surface area (Å²) in [7, 11) is -3.11. The van der Waals surface area contributed by atoms with Crippen LogP contribution in [0.15, 0.2) is 121 Å². The highest BCUT2D eigenvalue weighted by Crippen LogP contribution is 2.41. The molecule has 2 aromatic rings. The number of esters is 2. The van der Waals surface area contributed by atoms with Crippen LogP contribution in [0.5, 0.6) is 0 Å². The molecule has 10 nitrogen and oxygen atoms in total. The minimum Gasteiger partial charge on any atom is -0.543 e. The molecular weight excluding hydrogens is 1020 g/mol. The zero-order valence-corrected chi connectivity index (χ0v) is 53.7. The predicted octanol–water partition coefficient (Wildman–Crippen LogP) is 16.1. The van der Waals surface area contributed by atoms with E-state index in [1.54, 1.807) is 0 Å². The number of carbonyl (C=O) groups is 4. The standard InChI is InChI=1S/C33H52O4Si.C17H28BO3Si.C16H24O3/c1-25(2)36-32(35)19-15-10-9-14-18-30-29(26(3)24-31(30)34)23-22-28(37-38(7,8)33(4,5)6)21-20-27-16-12-11-13-17-27;1-17(2,3)22(4,5)21-16(13-14-20-18-19)12-11-15-9-7-6-8-10-15;1-12(2)19-16(18)9-7-5-4-6-8-14-10-13(3)11-15(14)17/h9,11-14,16-17,22-23,25-26,28-30H,10,15,18-21,24H2,1-8H3;6-10,13-14,16,19H,11-12H2,1-5H3;4,6,10,12-13H,5,7-9,11H2,1-3H3/b14-9-,23-22+;14-13+;6-4-/t26-,28+,29+,30-;16-;13-/m100/s1. The van der Waals surface area contributed by atoms with E-state index < -0.39 is 16.6 Å². The molecule has 439 valence electrons. The number of ketones is 2. The first kappa shape index (κ1) is 70.7. The Morgan fingerprint density at radius 3 is 1.58 bits per heavy atom. The number of hydrogen-bond acceptors (Lipinski definition) is 10. The number of ether oxygens (including phenoxy) is 2. The third kappa shape index (κ3) is 29.2. The predicted molar refractivity (Wildman–Crippen MR) is 331 cm³/mol. The first-order valence-electron chi connectivity index (χ1n) is 29.4. The number of benzene rings is 2. The minimum atomic E-state index is -1.94. The van der Waals surface area contributed by atoms with Gasteiger partial charge in [-0.2, -0.15) is 0 Å². The molecule has 0 aliphatic heterocycles. The van der Waals surface area contributed by atoms with Crippen molar-refractivity contribution < 1.29 is 47.2 Å². The lowest BCUT2D eigenvalue weighted by molar-refractivity contribution is -0.148. The van der Waals surface area contributed by atoms with Gasteiger partial charge >= 0.3 is 19.6 Å². The Kier molecular flexibility index (Phi) is 32.3. The normalized spacial score (nSPS) is 18.9. The van der Waals surface area contributed by atoms with E-state index in [1.807, 2.05) is 52.0 Å². The fourth-order valence-corrected chi connectivity index (χ4v) is 11.4. The lowest BCUT2D eigenvalue weighted by Crippen LogP contribution is -2.43. The molecule has 0 spiro atoms. The summed E-state index contributed by atoms with van der Waals surface area (Å²) in [5.41, 5.74) is 3.56. The van der Waals surface area contributed by atoms with Crippen molar-refractivity contribution in [3.8, 4) is 0 Å². The largest absolute Gasteiger partial charge is 0.568 e. The molecular formula is C66H104BO10Si2. The zero-order chi connectivity index (χ0) is 59.2. The van der Waals surface area contributed by atoms with Crippen molar-refractivity contribution in [3.63, 3.8) is 0 Å². The van der Waals surface area contributed by atoms with Crippen LogP contribution in [0.3, 0.4) is 0 Å². The van der Waals surface area contributed by atoms with Gasteiger partial charge in [0.2, 0.25) is 0 Å². The number of rotatable bonds is 29. The Hall–Kier alpha value is -4.40. The quantitative estimate of drug-likeness (QED) is 0.0276. The average molecular weight is 1120 g/mol. The number of unbranched alkanes of at least 4 members (excludes halogenated alkanes) is 2. The lowest BCUT2D eigenvalue weighted by Gasteiger charge is -2.39. The van der Waals surface area contributed by atoms with E-state index in [0.717, 1.165) is 69.8 Å². The van der Waals surface area contributed by atoms with Crippen LogP contribution in [0.2, 0.25) is 36.3 Å². The van der Waals surface area contributed by atoms with Crippen LogP contribution in [0.1, 0.15) is 171 Å². The smallest absolute Gasteiger partial charge is 0.543 e. The second-order valence-corrected chi connectivity index (χ2v) is 34.7. The first-order valence-corrected chi connectivity index (χ1v) is 35.2. The summed E-state index contributed by atoms with van der Waals surface area (Å²) >= 11 is 0. The van der Waals surface area contributed by atoms with Crippen molar-refractivity contribution in [2.75, 3.05) is 0 Å². The van der Waals surface area contributed by atoms with Gasteiger partial charge in [0, 0.05) is 31.6 Å². The number of allylic oxidation sites excluding steroid dienone is 7. The molecule has 2 aliphatic rings. The number of carbonyl (C=O) groups excluding carboxylic acids is 4. The number of aryl methyl sites for hydroxylation is 2. The van der Waals surface area contributed by atoms with Crippen LogP contribution in [0.4, 0.5) is 0 Å². The molecule has 0 heterocycles. The molecule has 79 heavy (non-hydrogen) atoms. The molecule has 1 fully saturated rings. The third-order valence-electron chi connectivity index (χ3n) is 15.3. The summed E-state index contributed by atoms with van der Waals surface area (Å²) < 4.78 is 28.4. The van der Waals surface area contributed by atoms with Crippen molar-refractivity contribution in [2.45, 2.75) is 234 Å². The van der Waals surface area contributed by atoms with Gasteiger partial charge in [-0.25, -0.2) is 0 Å². The van der Waals surface area contributed by atoms with Gasteiger partial charge in [0.1, 0.15) is 5.78 Å². The van der Waals surface area contributed by atoms with Crippen LogP contribution < -0.4 is 0 Å². The monoisotopic (exact) mass is 1120 g/mol. The molecule has 2 aromatic carbocycles. The molecule has 0 unspecified atom stereocenters. The molecule has 1 N–H and O–H groups in total. The van der Waals surface area contributed by atoms with E-state index in [2.05, 4.69) is 167 Å². The van der Waals surface area contributed by atoms with E-state index in [9.17, 15) is 19.2 Å².